The van der Waals surface area contributed by atoms with Crippen LogP contribution in [0.3, 0.4) is 0 Å². The van der Waals surface area contributed by atoms with E-state index in [1.807, 2.05) is 0 Å². The first-order valence-electron chi connectivity index (χ1n) is 5.69. The Morgan fingerprint density at radius 2 is 2.20 bits per heavy atom. The van der Waals surface area contributed by atoms with Gasteiger partial charge in [-0.25, -0.2) is 0 Å². The lowest BCUT2D eigenvalue weighted by molar-refractivity contribution is 0.205. The predicted octanol–water partition coefficient (Wildman–Crippen LogP) is 3.99. The van der Waals surface area contributed by atoms with Crippen LogP contribution in [0.15, 0.2) is 28.7 Å². The number of hydrogen-bond donors (Lipinski definition) is 0. The van der Waals surface area contributed by atoms with E-state index < -0.39 is 0 Å². The number of benzene rings is 1. The van der Waals surface area contributed by atoms with E-state index in [4.69, 9.17) is 0 Å². The molecule has 1 fully saturated rings. The van der Waals surface area contributed by atoms with Crippen LogP contribution in [0.25, 0.3) is 0 Å². The highest BCUT2D eigenvalue weighted by Gasteiger charge is 2.27. The van der Waals surface area contributed by atoms with Crippen molar-refractivity contribution in [2.45, 2.75) is 38.8 Å². The summed E-state index contributed by atoms with van der Waals surface area (Å²) in [4.78, 5) is 2.60. The fourth-order valence-corrected chi connectivity index (χ4v) is 2.90. The predicted molar refractivity (Wildman–Crippen MR) is 68.0 cm³/mol. The van der Waals surface area contributed by atoms with Crippen molar-refractivity contribution < 1.29 is 0 Å². The Kier molecular flexibility index (Phi) is 3.47. The third kappa shape index (κ3) is 2.43. The van der Waals surface area contributed by atoms with Gasteiger partial charge in [-0.05, 0) is 50.9 Å². The molecule has 15 heavy (non-hydrogen) atoms. The molecule has 2 rings (SSSR count). The van der Waals surface area contributed by atoms with E-state index in [0.717, 1.165) is 0 Å². The van der Waals surface area contributed by atoms with E-state index in [1.165, 1.54) is 29.4 Å². The van der Waals surface area contributed by atoms with E-state index in [-0.39, 0.29) is 0 Å². The van der Waals surface area contributed by atoms with Gasteiger partial charge in [-0.3, -0.25) is 4.90 Å². The van der Waals surface area contributed by atoms with Gasteiger partial charge in [0.1, 0.15) is 0 Å². The second-order valence-electron chi connectivity index (χ2n) is 4.54. The summed E-state index contributed by atoms with van der Waals surface area (Å²) in [5.74, 6) is 0. The number of nitrogens with zero attached hydrogens (tertiary/aromatic N) is 1. The van der Waals surface area contributed by atoms with Crippen LogP contribution in [0.1, 0.15) is 38.3 Å². The first-order chi connectivity index (χ1) is 7.18. The average Bonchev–Trinajstić information content (AvgIpc) is 2.65. The van der Waals surface area contributed by atoms with Gasteiger partial charge >= 0.3 is 0 Å². The van der Waals surface area contributed by atoms with Crippen molar-refractivity contribution in [1.29, 1.82) is 0 Å². The maximum atomic E-state index is 3.55. The summed E-state index contributed by atoms with van der Waals surface area (Å²) in [5.41, 5.74) is 1.45. The number of hydrogen-bond acceptors (Lipinski definition) is 1. The highest BCUT2D eigenvalue weighted by atomic mass is 79.9. The summed E-state index contributed by atoms with van der Waals surface area (Å²) in [6, 6.07) is 10.0. The summed E-state index contributed by atoms with van der Waals surface area (Å²) < 4.78 is 1.19. The molecular formula is C13H18BrN. The van der Waals surface area contributed by atoms with Crippen LogP contribution >= 0.6 is 15.9 Å². The van der Waals surface area contributed by atoms with Gasteiger partial charge in [-0.2, -0.15) is 0 Å². The van der Waals surface area contributed by atoms with Gasteiger partial charge < -0.3 is 0 Å². The second-order valence-corrected chi connectivity index (χ2v) is 5.46. The van der Waals surface area contributed by atoms with Crippen LogP contribution in [-0.2, 0) is 0 Å². The Morgan fingerprint density at radius 3 is 2.87 bits per heavy atom. The van der Waals surface area contributed by atoms with E-state index in [0.29, 0.717) is 12.1 Å². The standard InChI is InChI=1S/C13H18BrN/c1-10(2)15-8-4-7-13(15)11-5-3-6-12(14)9-11/h3,5-6,9-10,13H,4,7-8H2,1-2H3. The molecule has 1 heterocycles. The van der Waals surface area contributed by atoms with Crippen molar-refractivity contribution in [3.63, 3.8) is 0 Å². The fraction of sp³-hybridized carbons (Fsp3) is 0.538. The van der Waals surface area contributed by atoms with Gasteiger partial charge in [0.2, 0.25) is 0 Å². The Morgan fingerprint density at radius 1 is 1.40 bits per heavy atom. The largest absolute Gasteiger partial charge is 0.294 e. The van der Waals surface area contributed by atoms with Crippen LogP contribution in [-0.4, -0.2) is 17.5 Å². The molecule has 0 aromatic heterocycles. The number of rotatable bonds is 2. The topological polar surface area (TPSA) is 3.24 Å². The molecule has 1 aromatic rings. The van der Waals surface area contributed by atoms with E-state index in [1.54, 1.807) is 0 Å². The zero-order valence-electron chi connectivity index (χ0n) is 9.41. The van der Waals surface area contributed by atoms with E-state index >= 15 is 0 Å². The molecule has 1 atom stereocenters. The molecule has 1 aliphatic heterocycles. The third-order valence-corrected chi connectivity index (χ3v) is 3.68. The highest BCUT2D eigenvalue weighted by molar-refractivity contribution is 9.10. The molecule has 82 valence electrons. The third-order valence-electron chi connectivity index (χ3n) is 3.19. The number of likely N-dealkylation sites (tertiary alicyclic amines) is 1. The first kappa shape index (κ1) is 11.2. The SMILES string of the molecule is CC(C)N1CCCC1c1cccc(Br)c1. The molecular weight excluding hydrogens is 250 g/mol. The maximum absolute atomic E-state index is 3.55. The van der Waals surface area contributed by atoms with E-state index in [2.05, 4.69) is 58.9 Å². The summed E-state index contributed by atoms with van der Waals surface area (Å²) >= 11 is 3.55. The molecule has 0 spiro atoms. The Balaban J connectivity index is 2.22. The van der Waals surface area contributed by atoms with Crippen molar-refractivity contribution in [3.8, 4) is 0 Å². The lowest BCUT2D eigenvalue weighted by atomic mass is 10.0. The molecule has 0 radical (unpaired) electrons. The molecule has 1 aromatic carbocycles. The number of halogens is 1. The van der Waals surface area contributed by atoms with Crippen molar-refractivity contribution in [2.75, 3.05) is 6.54 Å². The molecule has 0 N–H and O–H groups in total. The summed E-state index contributed by atoms with van der Waals surface area (Å²) in [7, 11) is 0. The van der Waals surface area contributed by atoms with Crippen LogP contribution < -0.4 is 0 Å². The molecule has 1 aliphatic rings. The van der Waals surface area contributed by atoms with E-state index in [9.17, 15) is 0 Å². The van der Waals surface area contributed by atoms with Crippen molar-refractivity contribution >= 4 is 15.9 Å². The van der Waals surface area contributed by atoms with Crippen LogP contribution in [0, 0.1) is 0 Å². The van der Waals surface area contributed by atoms with Gasteiger partial charge in [0.15, 0.2) is 0 Å². The maximum Gasteiger partial charge on any atom is 0.0351 e. The lowest BCUT2D eigenvalue weighted by Gasteiger charge is -2.28. The van der Waals surface area contributed by atoms with Gasteiger partial charge in [-0.15, -0.1) is 0 Å². The first-order valence-corrected chi connectivity index (χ1v) is 6.49. The quantitative estimate of drug-likeness (QED) is 0.783. The van der Waals surface area contributed by atoms with Gasteiger partial charge in [-0.1, -0.05) is 28.1 Å². The zero-order valence-corrected chi connectivity index (χ0v) is 11.0. The minimum absolute atomic E-state index is 0.627. The van der Waals surface area contributed by atoms with Crippen LogP contribution in [0.4, 0.5) is 0 Å². The molecule has 1 nitrogen and oxygen atoms in total. The summed E-state index contributed by atoms with van der Waals surface area (Å²) in [6.45, 7) is 5.82. The second kappa shape index (κ2) is 4.67. The summed E-state index contributed by atoms with van der Waals surface area (Å²) in [5, 5.41) is 0. The van der Waals surface area contributed by atoms with Crippen LogP contribution in [0.2, 0.25) is 0 Å². The molecule has 0 amide bonds. The zero-order chi connectivity index (χ0) is 10.8. The molecule has 2 heteroatoms. The molecule has 1 unspecified atom stereocenters. The molecule has 1 saturated heterocycles. The van der Waals surface area contributed by atoms with Crippen molar-refractivity contribution in [2.24, 2.45) is 0 Å². The Hall–Kier alpha value is -0.340. The summed E-state index contributed by atoms with van der Waals surface area (Å²) in [6.07, 6.45) is 2.63. The molecule has 0 aliphatic carbocycles. The minimum Gasteiger partial charge on any atom is -0.294 e. The van der Waals surface area contributed by atoms with Crippen molar-refractivity contribution in [3.05, 3.63) is 34.3 Å². The van der Waals surface area contributed by atoms with Crippen molar-refractivity contribution in [1.82, 2.24) is 4.90 Å². The van der Waals surface area contributed by atoms with Gasteiger partial charge in [0.25, 0.3) is 0 Å². The van der Waals surface area contributed by atoms with Crippen LogP contribution in [0.5, 0.6) is 0 Å². The lowest BCUT2D eigenvalue weighted by Crippen LogP contribution is -2.30. The molecule has 0 bridgehead atoms. The fourth-order valence-electron chi connectivity index (χ4n) is 2.48. The minimum atomic E-state index is 0.627. The average molecular weight is 268 g/mol. The van der Waals surface area contributed by atoms with Gasteiger partial charge in [0.05, 0.1) is 0 Å². The Labute approximate surface area is 101 Å². The van der Waals surface area contributed by atoms with Gasteiger partial charge in [0, 0.05) is 16.6 Å². The molecule has 0 saturated carbocycles. The monoisotopic (exact) mass is 267 g/mol. The normalized spacial score (nSPS) is 22.5. The Bertz CT molecular complexity index is 335. The highest BCUT2D eigenvalue weighted by Crippen LogP contribution is 2.34. The smallest absolute Gasteiger partial charge is 0.0351 e.